The molecule has 4 rings (SSSR count). The average Bonchev–Trinajstić information content (AvgIpc) is 2.73. The van der Waals surface area contributed by atoms with Crippen molar-refractivity contribution in [2.24, 2.45) is 0 Å². The zero-order valence-corrected chi connectivity index (χ0v) is 16.2. The summed E-state index contributed by atoms with van der Waals surface area (Å²) in [6, 6.07) is 17.9. The van der Waals surface area contributed by atoms with Crippen LogP contribution in [0.15, 0.2) is 60.9 Å². The summed E-state index contributed by atoms with van der Waals surface area (Å²) in [5, 5.41) is 3.62. The van der Waals surface area contributed by atoms with Crippen LogP contribution in [0.5, 0.6) is 0 Å². The minimum atomic E-state index is -0.192. The predicted octanol–water partition coefficient (Wildman–Crippen LogP) is 3.67. The van der Waals surface area contributed by atoms with Gasteiger partial charge in [-0.25, -0.2) is 9.97 Å². The highest BCUT2D eigenvalue weighted by Crippen LogP contribution is 2.23. The minimum absolute atomic E-state index is 0.192. The number of amides is 1. The number of benzene rings is 2. The first-order chi connectivity index (χ1) is 13.7. The van der Waals surface area contributed by atoms with E-state index in [0.29, 0.717) is 23.7 Å². The van der Waals surface area contributed by atoms with Gasteiger partial charge in [0.1, 0.15) is 17.8 Å². The molecular weight excluding hydrogens is 372 g/mol. The maximum Gasteiger partial charge on any atom is 0.270 e. The molecule has 1 aromatic heterocycles. The molecule has 142 valence electrons. The van der Waals surface area contributed by atoms with E-state index in [4.69, 9.17) is 11.6 Å². The van der Waals surface area contributed by atoms with Crippen LogP contribution in [0.1, 0.15) is 27.2 Å². The lowest BCUT2D eigenvalue weighted by Gasteiger charge is -2.29. The fourth-order valence-corrected chi connectivity index (χ4v) is 3.65. The lowest BCUT2D eigenvalue weighted by molar-refractivity contribution is 0.0949. The lowest BCUT2D eigenvalue weighted by atomic mass is 10.00. The number of hydrogen-bond acceptors (Lipinski definition) is 4. The van der Waals surface area contributed by atoms with Gasteiger partial charge >= 0.3 is 0 Å². The van der Waals surface area contributed by atoms with Gasteiger partial charge in [0.2, 0.25) is 0 Å². The molecule has 2 heterocycles. The maximum absolute atomic E-state index is 12.5. The van der Waals surface area contributed by atoms with Gasteiger partial charge < -0.3 is 10.2 Å². The fraction of sp³-hybridized carbons (Fsp3) is 0.227. The van der Waals surface area contributed by atoms with Crippen molar-refractivity contribution in [1.29, 1.82) is 0 Å². The number of anilines is 1. The predicted molar refractivity (Wildman–Crippen MR) is 111 cm³/mol. The van der Waals surface area contributed by atoms with Crippen molar-refractivity contribution < 1.29 is 4.79 Å². The number of nitrogens with zero attached hydrogens (tertiary/aromatic N) is 3. The SMILES string of the molecule is O=C(NCCc1cccc(Cl)c1)c1cc(N2CCc3ccccc3C2)ncn1. The smallest absolute Gasteiger partial charge is 0.270 e. The van der Waals surface area contributed by atoms with E-state index in [1.165, 1.54) is 17.5 Å². The molecule has 0 unspecified atom stereocenters. The van der Waals surface area contributed by atoms with E-state index in [9.17, 15) is 4.79 Å². The second kappa shape index (κ2) is 8.40. The molecule has 1 amide bonds. The van der Waals surface area contributed by atoms with Crippen molar-refractivity contribution >= 4 is 23.3 Å². The number of rotatable bonds is 5. The highest BCUT2D eigenvalue weighted by atomic mass is 35.5. The molecule has 5 nitrogen and oxygen atoms in total. The number of aromatic nitrogens is 2. The standard InChI is InChI=1S/C22H21ClN4O/c23-19-7-3-4-16(12-19)8-10-24-22(28)20-13-21(26-15-25-20)27-11-9-17-5-1-2-6-18(17)14-27/h1-7,12-13,15H,8-11,14H2,(H,24,28). The third-order valence-electron chi connectivity index (χ3n) is 4.93. The molecule has 28 heavy (non-hydrogen) atoms. The summed E-state index contributed by atoms with van der Waals surface area (Å²) >= 11 is 6.00. The summed E-state index contributed by atoms with van der Waals surface area (Å²) in [5.74, 6) is 0.590. The number of nitrogens with one attached hydrogen (secondary N) is 1. The Morgan fingerprint density at radius 3 is 2.79 bits per heavy atom. The quantitative estimate of drug-likeness (QED) is 0.719. The Balaban J connectivity index is 1.39. The van der Waals surface area contributed by atoms with Crippen molar-refractivity contribution in [3.63, 3.8) is 0 Å². The molecule has 0 radical (unpaired) electrons. The molecule has 0 spiro atoms. The monoisotopic (exact) mass is 392 g/mol. The van der Waals surface area contributed by atoms with Crippen molar-refractivity contribution in [1.82, 2.24) is 15.3 Å². The first-order valence-corrected chi connectivity index (χ1v) is 9.73. The Morgan fingerprint density at radius 1 is 1.07 bits per heavy atom. The van der Waals surface area contributed by atoms with E-state index >= 15 is 0 Å². The molecule has 0 atom stereocenters. The van der Waals surface area contributed by atoms with Gasteiger partial charge in [0.15, 0.2) is 0 Å². The molecule has 6 heteroatoms. The Hall–Kier alpha value is -2.92. The van der Waals surface area contributed by atoms with Crippen LogP contribution in [0.25, 0.3) is 0 Å². The summed E-state index contributed by atoms with van der Waals surface area (Å²) in [6.45, 7) is 2.20. The normalized spacial score (nSPS) is 13.1. The van der Waals surface area contributed by atoms with Crippen LogP contribution in [0.3, 0.4) is 0 Å². The molecule has 0 saturated heterocycles. The summed E-state index contributed by atoms with van der Waals surface area (Å²) < 4.78 is 0. The van der Waals surface area contributed by atoms with E-state index < -0.39 is 0 Å². The van der Waals surface area contributed by atoms with Crippen LogP contribution in [0.2, 0.25) is 5.02 Å². The average molecular weight is 393 g/mol. The van der Waals surface area contributed by atoms with Crippen LogP contribution >= 0.6 is 11.6 Å². The molecule has 0 saturated carbocycles. The van der Waals surface area contributed by atoms with Gasteiger partial charge in [0, 0.05) is 30.7 Å². The minimum Gasteiger partial charge on any atom is -0.352 e. The second-order valence-electron chi connectivity index (χ2n) is 6.84. The largest absolute Gasteiger partial charge is 0.352 e. The van der Waals surface area contributed by atoms with Gasteiger partial charge in [0.25, 0.3) is 5.91 Å². The lowest BCUT2D eigenvalue weighted by Crippen LogP contribution is -2.32. The maximum atomic E-state index is 12.5. The van der Waals surface area contributed by atoms with E-state index in [-0.39, 0.29) is 5.91 Å². The zero-order chi connectivity index (χ0) is 19.3. The molecular formula is C22H21ClN4O. The first kappa shape index (κ1) is 18.4. The number of carbonyl (C=O) groups excluding carboxylic acids is 1. The van der Waals surface area contributed by atoms with Crippen molar-refractivity contribution in [3.8, 4) is 0 Å². The van der Waals surface area contributed by atoms with E-state index in [1.54, 1.807) is 6.07 Å². The van der Waals surface area contributed by atoms with Gasteiger partial charge in [-0.3, -0.25) is 4.79 Å². The third kappa shape index (κ3) is 4.31. The molecule has 1 N–H and O–H groups in total. The summed E-state index contributed by atoms with van der Waals surface area (Å²) in [7, 11) is 0. The van der Waals surface area contributed by atoms with Crippen LogP contribution in [0.4, 0.5) is 5.82 Å². The highest BCUT2D eigenvalue weighted by molar-refractivity contribution is 6.30. The van der Waals surface area contributed by atoms with Crippen LogP contribution in [-0.2, 0) is 19.4 Å². The summed E-state index contributed by atoms with van der Waals surface area (Å²) in [4.78, 5) is 23.2. The van der Waals surface area contributed by atoms with Gasteiger partial charge in [-0.2, -0.15) is 0 Å². The Labute approximate surface area is 169 Å². The van der Waals surface area contributed by atoms with Crippen molar-refractivity contribution in [2.75, 3.05) is 18.0 Å². The van der Waals surface area contributed by atoms with Crippen molar-refractivity contribution in [2.45, 2.75) is 19.4 Å². The van der Waals surface area contributed by atoms with E-state index in [1.807, 2.05) is 24.3 Å². The molecule has 0 fully saturated rings. The number of carbonyl (C=O) groups is 1. The summed E-state index contributed by atoms with van der Waals surface area (Å²) in [6.07, 6.45) is 3.15. The fourth-order valence-electron chi connectivity index (χ4n) is 3.44. The Kier molecular flexibility index (Phi) is 5.53. The van der Waals surface area contributed by atoms with Crippen LogP contribution in [0, 0.1) is 0 Å². The van der Waals surface area contributed by atoms with Crippen molar-refractivity contribution in [3.05, 3.63) is 88.3 Å². The highest BCUT2D eigenvalue weighted by Gasteiger charge is 2.18. The molecule has 1 aliphatic rings. The van der Waals surface area contributed by atoms with E-state index in [0.717, 1.165) is 30.9 Å². The van der Waals surface area contributed by atoms with Gasteiger partial charge in [-0.1, -0.05) is 48.0 Å². The molecule has 1 aliphatic heterocycles. The van der Waals surface area contributed by atoms with Gasteiger partial charge in [-0.15, -0.1) is 0 Å². The van der Waals surface area contributed by atoms with Gasteiger partial charge in [-0.05, 0) is 41.7 Å². The van der Waals surface area contributed by atoms with Crippen LogP contribution in [-0.4, -0.2) is 29.0 Å². The zero-order valence-electron chi connectivity index (χ0n) is 15.4. The summed E-state index contributed by atoms with van der Waals surface area (Å²) in [5.41, 5.74) is 4.16. The topological polar surface area (TPSA) is 58.1 Å². The van der Waals surface area contributed by atoms with Crippen LogP contribution < -0.4 is 10.2 Å². The number of fused-ring (bicyclic) bond motifs is 1. The Morgan fingerprint density at radius 2 is 1.93 bits per heavy atom. The number of halogens is 1. The Bertz CT molecular complexity index is 992. The first-order valence-electron chi connectivity index (χ1n) is 9.35. The molecule has 0 bridgehead atoms. The third-order valence-corrected chi connectivity index (χ3v) is 5.16. The van der Waals surface area contributed by atoms with E-state index in [2.05, 4.69) is 44.5 Å². The molecule has 2 aromatic carbocycles. The molecule has 0 aliphatic carbocycles. The van der Waals surface area contributed by atoms with Gasteiger partial charge in [0.05, 0.1) is 0 Å². The number of hydrogen-bond donors (Lipinski definition) is 1. The second-order valence-corrected chi connectivity index (χ2v) is 7.27. The molecule has 3 aromatic rings.